The minimum atomic E-state index is 0.687. The molecule has 0 fully saturated rings. The van der Waals surface area contributed by atoms with Gasteiger partial charge >= 0.3 is 0 Å². The summed E-state index contributed by atoms with van der Waals surface area (Å²) in [5.74, 6) is 0.960. The smallest absolute Gasteiger partial charge is 0.110 e. The average Bonchev–Trinajstić information content (AvgIpc) is 3.23. The van der Waals surface area contributed by atoms with Crippen LogP contribution in [-0.2, 0) is 19.4 Å². The van der Waals surface area contributed by atoms with Crippen molar-refractivity contribution in [3.05, 3.63) is 82.9 Å². The van der Waals surface area contributed by atoms with Crippen molar-refractivity contribution in [1.82, 2.24) is 9.97 Å². The number of fused-ring (bicyclic) bond motifs is 1. The summed E-state index contributed by atoms with van der Waals surface area (Å²) < 4.78 is 0. The van der Waals surface area contributed by atoms with E-state index in [9.17, 15) is 0 Å². The summed E-state index contributed by atoms with van der Waals surface area (Å²) in [6.07, 6.45) is 3.80. The van der Waals surface area contributed by atoms with E-state index in [1.807, 2.05) is 30.5 Å². The number of nitrogens with one attached hydrogen (secondary N) is 1. The fraction of sp³-hybridized carbons (Fsp3) is 0.200. The van der Waals surface area contributed by atoms with E-state index in [0.29, 0.717) is 5.56 Å². The maximum atomic E-state index is 8.85. The van der Waals surface area contributed by atoms with Gasteiger partial charge in [-0.2, -0.15) is 5.26 Å². The predicted molar refractivity (Wildman–Crippen MR) is 93.7 cm³/mol. The number of nitriles is 1. The molecule has 1 aromatic heterocycles. The molecule has 118 valence electrons. The Hall–Kier alpha value is -3.06. The van der Waals surface area contributed by atoms with Crippen LogP contribution in [0.1, 0.15) is 28.2 Å². The summed E-state index contributed by atoms with van der Waals surface area (Å²) >= 11 is 0. The zero-order chi connectivity index (χ0) is 16.4. The fourth-order valence-corrected chi connectivity index (χ4v) is 3.24. The number of hydrogen-bond donors (Lipinski definition) is 1. The minimum absolute atomic E-state index is 0.687. The molecule has 0 saturated carbocycles. The van der Waals surface area contributed by atoms with Crippen molar-refractivity contribution >= 4 is 5.69 Å². The van der Waals surface area contributed by atoms with Crippen LogP contribution in [0.2, 0.25) is 0 Å². The van der Waals surface area contributed by atoms with Crippen molar-refractivity contribution in [1.29, 1.82) is 5.26 Å². The number of aromatic amines is 1. The maximum Gasteiger partial charge on any atom is 0.110 e. The lowest BCUT2D eigenvalue weighted by Crippen LogP contribution is -2.19. The van der Waals surface area contributed by atoms with Crippen molar-refractivity contribution in [2.45, 2.75) is 19.4 Å². The van der Waals surface area contributed by atoms with Gasteiger partial charge in [0, 0.05) is 18.7 Å². The Morgan fingerprint density at radius 2 is 1.96 bits per heavy atom. The quantitative estimate of drug-likeness (QED) is 0.802. The number of imidazole rings is 1. The molecule has 24 heavy (non-hydrogen) atoms. The molecule has 0 atom stereocenters. The van der Waals surface area contributed by atoms with E-state index < -0.39 is 0 Å². The van der Waals surface area contributed by atoms with E-state index in [0.717, 1.165) is 43.0 Å². The third-order valence-electron chi connectivity index (χ3n) is 4.48. The van der Waals surface area contributed by atoms with E-state index in [-0.39, 0.29) is 0 Å². The van der Waals surface area contributed by atoms with E-state index in [4.69, 9.17) is 5.26 Å². The van der Waals surface area contributed by atoms with Crippen LogP contribution in [0, 0.1) is 11.3 Å². The van der Waals surface area contributed by atoms with Crippen LogP contribution in [-0.4, -0.2) is 16.5 Å². The lowest BCUT2D eigenvalue weighted by Gasteiger charge is -2.18. The molecule has 0 aliphatic carbocycles. The number of hydrogen-bond acceptors (Lipinski definition) is 3. The Labute approximate surface area is 141 Å². The fourth-order valence-electron chi connectivity index (χ4n) is 3.24. The highest BCUT2D eigenvalue weighted by atomic mass is 15.2. The number of H-pyrrole nitrogens is 1. The summed E-state index contributed by atoms with van der Waals surface area (Å²) in [7, 11) is 0. The van der Waals surface area contributed by atoms with Crippen molar-refractivity contribution in [2.75, 3.05) is 11.4 Å². The number of rotatable bonds is 4. The molecule has 0 radical (unpaired) electrons. The Balaban J connectivity index is 1.44. The van der Waals surface area contributed by atoms with Crippen LogP contribution in [0.5, 0.6) is 0 Å². The summed E-state index contributed by atoms with van der Waals surface area (Å²) in [4.78, 5) is 10.3. The molecule has 2 heterocycles. The van der Waals surface area contributed by atoms with Crippen LogP contribution in [0.4, 0.5) is 5.69 Å². The highest BCUT2D eigenvalue weighted by Gasteiger charge is 2.18. The molecule has 0 saturated heterocycles. The molecule has 1 aliphatic heterocycles. The summed E-state index contributed by atoms with van der Waals surface area (Å²) in [6, 6.07) is 18.4. The van der Waals surface area contributed by atoms with Gasteiger partial charge in [-0.05, 0) is 35.7 Å². The monoisotopic (exact) mass is 314 g/mol. The second-order valence-electron chi connectivity index (χ2n) is 6.14. The third-order valence-corrected chi connectivity index (χ3v) is 4.48. The SMILES string of the molecule is N#Cc1ccc(Cc2ncc(CN3CCc4ccccc43)[nH]2)cc1. The van der Waals surface area contributed by atoms with Gasteiger partial charge in [0.2, 0.25) is 0 Å². The maximum absolute atomic E-state index is 8.85. The van der Waals surface area contributed by atoms with Crippen molar-refractivity contribution < 1.29 is 0 Å². The van der Waals surface area contributed by atoms with Gasteiger partial charge in [-0.15, -0.1) is 0 Å². The topological polar surface area (TPSA) is 55.7 Å². The summed E-state index contributed by atoms with van der Waals surface area (Å²) in [5.41, 5.74) is 5.74. The Morgan fingerprint density at radius 1 is 1.12 bits per heavy atom. The van der Waals surface area contributed by atoms with Gasteiger partial charge < -0.3 is 9.88 Å². The Bertz CT molecular complexity index is 887. The number of aromatic nitrogens is 2. The first kappa shape index (κ1) is 14.5. The molecule has 4 heteroatoms. The largest absolute Gasteiger partial charge is 0.365 e. The molecule has 4 rings (SSSR count). The highest BCUT2D eigenvalue weighted by molar-refractivity contribution is 5.57. The molecule has 0 unspecified atom stereocenters. The molecule has 0 spiro atoms. The van der Waals surface area contributed by atoms with Gasteiger partial charge in [-0.1, -0.05) is 30.3 Å². The van der Waals surface area contributed by atoms with Gasteiger partial charge in [0.1, 0.15) is 5.82 Å². The average molecular weight is 314 g/mol. The van der Waals surface area contributed by atoms with Gasteiger partial charge in [0.05, 0.1) is 30.1 Å². The standard InChI is InChI=1S/C20H18N4/c21-12-16-7-5-15(6-8-16)11-20-22-13-18(23-20)14-24-10-9-17-3-1-2-4-19(17)24/h1-8,13H,9-11,14H2,(H,22,23). The minimum Gasteiger partial charge on any atom is -0.365 e. The van der Waals surface area contributed by atoms with Crippen LogP contribution >= 0.6 is 0 Å². The number of anilines is 1. The molecule has 4 nitrogen and oxygen atoms in total. The van der Waals surface area contributed by atoms with E-state index >= 15 is 0 Å². The van der Waals surface area contributed by atoms with Crippen LogP contribution in [0.15, 0.2) is 54.7 Å². The molecule has 1 aliphatic rings. The molecule has 2 aromatic carbocycles. The summed E-state index contributed by atoms with van der Waals surface area (Å²) in [5, 5.41) is 8.85. The first-order chi connectivity index (χ1) is 11.8. The molecular formula is C20H18N4. The van der Waals surface area contributed by atoms with Crippen molar-refractivity contribution in [3.8, 4) is 6.07 Å². The number of nitrogens with zero attached hydrogens (tertiary/aromatic N) is 3. The molecule has 0 bridgehead atoms. The second kappa shape index (κ2) is 6.21. The first-order valence-electron chi connectivity index (χ1n) is 8.16. The van der Waals surface area contributed by atoms with Gasteiger partial charge in [-0.3, -0.25) is 0 Å². The van der Waals surface area contributed by atoms with Crippen molar-refractivity contribution in [2.24, 2.45) is 0 Å². The van der Waals surface area contributed by atoms with Gasteiger partial charge in [0.25, 0.3) is 0 Å². The molecule has 1 N–H and O–H groups in total. The highest BCUT2D eigenvalue weighted by Crippen LogP contribution is 2.28. The number of benzene rings is 2. The van der Waals surface area contributed by atoms with E-state index in [2.05, 4.69) is 45.2 Å². The van der Waals surface area contributed by atoms with Gasteiger partial charge in [0.15, 0.2) is 0 Å². The Morgan fingerprint density at radius 3 is 2.79 bits per heavy atom. The Kier molecular flexibility index (Phi) is 3.76. The number of para-hydroxylation sites is 1. The zero-order valence-electron chi connectivity index (χ0n) is 13.4. The molecular weight excluding hydrogens is 296 g/mol. The lowest BCUT2D eigenvalue weighted by molar-refractivity contribution is 0.816. The van der Waals surface area contributed by atoms with Crippen LogP contribution in [0.25, 0.3) is 0 Å². The molecule has 0 amide bonds. The van der Waals surface area contributed by atoms with E-state index in [1.165, 1.54) is 11.3 Å². The van der Waals surface area contributed by atoms with Crippen LogP contribution in [0.3, 0.4) is 0 Å². The molecule has 3 aromatic rings. The van der Waals surface area contributed by atoms with Crippen molar-refractivity contribution in [3.63, 3.8) is 0 Å². The second-order valence-corrected chi connectivity index (χ2v) is 6.14. The zero-order valence-corrected chi connectivity index (χ0v) is 13.4. The first-order valence-corrected chi connectivity index (χ1v) is 8.16. The van der Waals surface area contributed by atoms with Gasteiger partial charge in [-0.25, -0.2) is 4.98 Å². The third kappa shape index (κ3) is 2.89. The lowest BCUT2D eigenvalue weighted by atomic mass is 10.1. The summed E-state index contributed by atoms with van der Waals surface area (Å²) in [6.45, 7) is 1.92. The normalized spacial score (nSPS) is 12.9. The van der Waals surface area contributed by atoms with Crippen LogP contribution < -0.4 is 4.90 Å². The van der Waals surface area contributed by atoms with E-state index in [1.54, 1.807) is 0 Å². The predicted octanol–water partition coefficient (Wildman–Crippen LogP) is 3.43.